The van der Waals surface area contributed by atoms with Crippen molar-refractivity contribution in [2.24, 2.45) is 11.8 Å². The first kappa shape index (κ1) is 26.8. The van der Waals surface area contributed by atoms with Crippen LogP contribution in [0.15, 0.2) is 30.3 Å². The van der Waals surface area contributed by atoms with Crippen LogP contribution >= 0.6 is 0 Å². The lowest BCUT2D eigenvalue weighted by molar-refractivity contribution is -0.142. The quantitative estimate of drug-likeness (QED) is 0.373. The lowest BCUT2D eigenvalue weighted by Crippen LogP contribution is -2.59. The van der Waals surface area contributed by atoms with Crippen molar-refractivity contribution in [3.8, 4) is 0 Å². The number of rotatable bonds is 10. The monoisotopic (exact) mass is 474 g/mol. The molecule has 0 radical (unpaired) electrons. The second-order valence-electron chi connectivity index (χ2n) is 9.09. The molecule has 1 aromatic rings. The second kappa shape index (κ2) is 12.7. The van der Waals surface area contributed by atoms with E-state index in [1.165, 1.54) is 0 Å². The molecule has 4 N–H and O–H groups in total. The summed E-state index contributed by atoms with van der Waals surface area (Å²) in [7, 11) is 0. The van der Waals surface area contributed by atoms with Gasteiger partial charge in [-0.1, -0.05) is 58.0 Å². The average molecular weight is 475 g/mol. The molecular weight excluding hydrogens is 440 g/mol. The fraction of sp³-hybridized carbons (Fsp3) is 0.542. The Kier molecular flexibility index (Phi) is 10.0. The maximum absolute atomic E-state index is 13.0. The Morgan fingerprint density at radius 3 is 2.32 bits per heavy atom. The summed E-state index contributed by atoms with van der Waals surface area (Å²) in [5.74, 6) is -2.76. The largest absolute Gasteiger partial charge is 0.445 e. The summed E-state index contributed by atoms with van der Waals surface area (Å²) < 4.78 is 5.21. The summed E-state index contributed by atoms with van der Waals surface area (Å²) >= 11 is 0. The second-order valence-corrected chi connectivity index (χ2v) is 9.09. The molecular formula is C24H34N4O6. The Morgan fingerprint density at radius 2 is 1.71 bits per heavy atom. The van der Waals surface area contributed by atoms with Gasteiger partial charge in [0.05, 0.1) is 6.04 Å². The number of ether oxygens (including phenoxy) is 1. The topological polar surface area (TPSA) is 143 Å². The fourth-order valence-electron chi connectivity index (χ4n) is 3.51. The van der Waals surface area contributed by atoms with Gasteiger partial charge in [0.25, 0.3) is 5.91 Å². The lowest BCUT2D eigenvalue weighted by atomic mass is 9.99. The Bertz CT molecular complexity index is 887. The smallest absolute Gasteiger partial charge is 0.408 e. The van der Waals surface area contributed by atoms with Gasteiger partial charge in [0.15, 0.2) is 0 Å². The molecule has 2 rings (SSSR count). The van der Waals surface area contributed by atoms with E-state index < -0.39 is 47.7 Å². The third kappa shape index (κ3) is 8.17. The van der Waals surface area contributed by atoms with Gasteiger partial charge in [-0.15, -0.1) is 0 Å². The number of carbonyl (C=O) groups excluding carboxylic acids is 5. The molecule has 1 aromatic carbocycles. The van der Waals surface area contributed by atoms with E-state index >= 15 is 0 Å². The highest BCUT2D eigenvalue weighted by Crippen LogP contribution is 2.10. The molecule has 34 heavy (non-hydrogen) atoms. The van der Waals surface area contributed by atoms with Crippen molar-refractivity contribution in [3.05, 3.63) is 35.9 Å². The Labute approximate surface area is 199 Å². The van der Waals surface area contributed by atoms with Crippen molar-refractivity contribution in [1.82, 2.24) is 21.3 Å². The van der Waals surface area contributed by atoms with Crippen molar-refractivity contribution in [3.63, 3.8) is 0 Å². The van der Waals surface area contributed by atoms with E-state index in [0.717, 1.165) is 5.56 Å². The number of hydrogen-bond donors (Lipinski definition) is 4. The van der Waals surface area contributed by atoms with Crippen molar-refractivity contribution < 1.29 is 28.7 Å². The minimum Gasteiger partial charge on any atom is -0.445 e. The Morgan fingerprint density at radius 1 is 1.03 bits per heavy atom. The van der Waals surface area contributed by atoms with Crippen LogP contribution in [-0.4, -0.2) is 54.3 Å². The molecule has 0 spiro atoms. The van der Waals surface area contributed by atoms with E-state index in [1.54, 1.807) is 13.8 Å². The molecule has 1 aliphatic heterocycles. The number of ketones is 1. The molecule has 0 saturated carbocycles. The van der Waals surface area contributed by atoms with Gasteiger partial charge in [-0.2, -0.15) is 0 Å². The molecule has 1 heterocycles. The van der Waals surface area contributed by atoms with E-state index in [1.807, 2.05) is 44.2 Å². The first-order valence-electron chi connectivity index (χ1n) is 11.5. The zero-order chi connectivity index (χ0) is 25.3. The van der Waals surface area contributed by atoms with E-state index in [2.05, 4.69) is 21.3 Å². The van der Waals surface area contributed by atoms with Crippen LogP contribution in [0.4, 0.5) is 4.79 Å². The maximum Gasteiger partial charge on any atom is 0.408 e. The van der Waals surface area contributed by atoms with E-state index in [9.17, 15) is 24.0 Å². The molecule has 186 valence electrons. The van der Waals surface area contributed by atoms with Crippen LogP contribution in [0.3, 0.4) is 0 Å². The van der Waals surface area contributed by atoms with Crippen molar-refractivity contribution in [2.75, 3.05) is 6.54 Å². The molecule has 1 aliphatic rings. The summed E-state index contributed by atoms with van der Waals surface area (Å²) in [5, 5.41) is 10.3. The van der Waals surface area contributed by atoms with Gasteiger partial charge < -0.3 is 26.0 Å². The standard InChI is InChI=1S/C24H34N4O6/c1-14(2)12-18(21(30)26-17-10-11-25-23(32)20(17)29)27-22(31)19(15(3)4)28-24(33)34-13-16-8-6-5-7-9-16/h5-9,14-15,17-19H,10-13H2,1-4H3,(H,25,32)(H,26,30)(H,27,31)(H,28,33). The van der Waals surface area contributed by atoms with Crippen molar-refractivity contribution in [1.29, 1.82) is 0 Å². The predicted octanol–water partition coefficient (Wildman–Crippen LogP) is 1.04. The van der Waals surface area contributed by atoms with Gasteiger partial charge in [0, 0.05) is 6.54 Å². The summed E-state index contributed by atoms with van der Waals surface area (Å²) in [5.41, 5.74) is 0.808. The molecule has 0 aromatic heterocycles. The summed E-state index contributed by atoms with van der Waals surface area (Å²) in [6, 6.07) is 6.33. The predicted molar refractivity (Wildman–Crippen MR) is 124 cm³/mol. The average Bonchev–Trinajstić information content (AvgIpc) is 2.78. The minimum atomic E-state index is -0.937. The SMILES string of the molecule is CC(C)CC(NC(=O)C(NC(=O)OCc1ccccc1)C(C)C)C(=O)NC1CCNC(=O)C1=O. The molecule has 1 saturated heterocycles. The third-order valence-corrected chi connectivity index (χ3v) is 5.35. The minimum absolute atomic E-state index is 0.0560. The van der Waals surface area contributed by atoms with Crippen LogP contribution in [-0.2, 0) is 30.5 Å². The Hall–Kier alpha value is -3.43. The zero-order valence-electron chi connectivity index (χ0n) is 20.1. The molecule has 4 amide bonds. The number of amides is 4. The van der Waals surface area contributed by atoms with Crippen molar-refractivity contribution >= 4 is 29.6 Å². The molecule has 0 bridgehead atoms. The summed E-state index contributed by atoms with van der Waals surface area (Å²) in [6.07, 6.45) is -0.155. The Balaban J connectivity index is 2.00. The molecule has 3 unspecified atom stereocenters. The summed E-state index contributed by atoms with van der Waals surface area (Å²) in [4.78, 5) is 61.8. The van der Waals surface area contributed by atoms with Gasteiger partial charge in [-0.05, 0) is 30.2 Å². The molecule has 0 aliphatic carbocycles. The van der Waals surface area contributed by atoms with Crippen molar-refractivity contribution in [2.45, 2.75) is 65.3 Å². The highest BCUT2D eigenvalue weighted by Gasteiger charge is 2.34. The molecule has 1 fully saturated rings. The molecule has 10 nitrogen and oxygen atoms in total. The van der Waals surface area contributed by atoms with Gasteiger partial charge in [-0.25, -0.2) is 4.79 Å². The number of hydrogen-bond acceptors (Lipinski definition) is 6. The highest BCUT2D eigenvalue weighted by molar-refractivity contribution is 6.39. The number of alkyl carbamates (subject to hydrolysis) is 1. The van der Waals surface area contributed by atoms with Crippen LogP contribution < -0.4 is 21.3 Å². The van der Waals surface area contributed by atoms with E-state index in [4.69, 9.17) is 4.74 Å². The number of piperidine rings is 1. The highest BCUT2D eigenvalue weighted by atomic mass is 16.5. The first-order chi connectivity index (χ1) is 16.1. The van der Waals surface area contributed by atoms with Gasteiger partial charge in [0.1, 0.15) is 18.7 Å². The molecule has 10 heteroatoms. The summed E-state index contributed by atoms with van der Waals surface area (Å²) in [6.45, 7) is 7.65. The fourth-order valence-corrected chi connectivity index (χ4v) is 3.51. The van der Waals surface area contributed by atoms with Gasteiger partial charge >= 0.3 is 6.09 Å². The van der Waals surface area contributed by atoms with Gasteiger partial charge in [-0.3, -0.25) is 19.2 Å². The normalized spacial score (nSPS) is 17.5. The zero-order valence-corrected chi connectivity index (χ0v) is 20.1. The van der Waals surface area contributed by atoms with Crippen LogP contribution in [0.2, 0.25) is 0 Å². The maximum atomic E-state index is 13.0. The van der Waals surface area contributed by atoms with E-state index in [0.29, 0.717) is 6.42 Å². The number of benzene rings is 1. The first-order valence-corrected chi connectivity index (χ1v) is 11.5. The lowest BCUT2D eigenvalue weighted by Gasteiger charge is -2.28. The number of Topliss-reactive ketones (excluding diaryl/α,β-unsaturated/α-hetero) is 1. The van der Waals surface area contributed by atoms with Crippen LogP contribution in [0, 0.1) is 11.8 Å². The van der Waals surface area contributed by atoms with Crippen LogP contribution in [0.1, 0.15) is 46.1 Å². The molecule has 3 atom stereocenters. The van der Waals surface area contributed by atoms with E-state index in [-0.39, 0.29) is 31.4 Å². The van der Waals surface area contributed by atoms with Crippen LogP contribution in [0.5, 0.6) is 0 Å². The van der Waals surface area contributed by atoms with Gasteiger partial charge in [0.2, 0.25) is 17.6 Å². The van der Waals surface area contributed by atoms with Crippen LogP contribution in [0.25, 0.3) is 0 Å². The third-order valence-electron chi connectivity index (χ3n) is 5.35. The number of carbonyl (C=O) groups is 5. The number of nitrogens with one attached hydrogen (secondary N) is 4.